The topological polar surface area (TPSA) is 115 Å². The second kappa shape index (κ2) is 9.26. The number of pyridine rings is 1. The molecule has 34 heavy (non-hydrogen) atoms. The Bertz CT molecular complexity index is 1460. The van der Waals surface area contributed by atoms with Gasteiger partial charge in [-0.25, -0.2) is 19.2 Å². The van der Waals surface area contributed by atoms with E-state index in [9.17, 15) is 14.0 Å². The zero-order valence-electron chi connectivity index (χ0n) is 19.3. The number of urea groups is 1. The van der Waals surface area contributed by atoms with Crippen molar-refractivity contribution < 1.29 is 13.7 Å². The first-order valence-electron chi connectivity index (χ1n) is 10.4. The van der Waals surface area contributed by atoms with Gasteiger partial charge in [-0.3, -0.25) is 14.7 Å². The van der Waals surface area contributed by atoms with Crippen LogP contribution in [-0.2, 0) is 7.05 Å². The number of rotatable bonds is 5. The molecule has 2 N–H and O–H groups in total. The van der Waals surface area contributed by atoms with Crippen molar-refractivity contribution in [2.24, 2.45) is 7.05 Å². The van der Waals surface area contributed by atoms with Crippen LogP contribution in [0.2, 0.25) is 0 Å². The van der Waals surface area contributed by atoms with Crippen LogP contribution in [0.4, 0.5) is 20.8 Å². The molecule has 0 unspecified atom stereocenters. The summed E-state index contributed by atoms with van der Waals surface area (Å²) in [5, 5.41) is 10.1. The van der Waals surface area contributed by atoms with Gasteiger partial charge < -0.3 is 9.84 Å². The number of anilines is 2. The normalized spacial score (nSPS) is 11.3. The molecule has 0 bridgehead atoms. The second-order valence-corrected chi connectivity index (χ2v) is 8.83. The number of carbonyl (C=O) groups excluding carboxylic acids is 1. The van der Waals surface area contributed by atoms with Crippen molar-refractivity contribution in [1.82, 2.24) is 19.7 Å². The van der Waals surface area contributed by atoms with E-state index in [0.29, 0.717) is 38.6 Å². The molecule has 4 aromatic rings. The predicted molar refractivity (Wildman–Crippen MR) is 130 cm³/mol. The van der Waals surface area contributed by atoms with Gasteiger partial charge in [-0.2, -0.15) is 0 Å². The van der Waals surface area contributed by atoms with E-state index in [1.807, 2.05) is 20.1 Å². The Hall–Kier alpha value is -3.73. The minimum absolute atomic E-state index is 0.0853. The van der Waals surface area contributed by atoms with Gasteiger partial charge >= 0.3 is 6.03 Å². The number of nitrogens with one attached hydrogen (secondary N) is 2. The molecular formula is C23H23FN6O3S. The average molecular weight is 483 g/mol. The molecule has 4 rings (SSSR count). The predicted octanol–water partition coefficient (Wildman–Crippen LogP) is 4.92. The van der Waals surface area contributed by atoms with Crippen molar-refractivity contribution in [3.05, 3.63) is 57.9 Å². The summed E-state index contributed by atoms with van der Waals surface area (Å²) in [6.45, 7) is 5.58. The number of aryl methyl sites for hydroxylation is 2. The zero-order valence-corrected chi connectivity index (χ0v) is 20.1. The summed E-state index contributed by atoms with van der Waals surface area (Å²) in [7, 11) is 1.62. The van der Waals surface area contributed by atoms with Crippen LogP contribution in [0.5, 0.6) is 0 Å². The fourth-order valence-electron chi connectivity index (χ4n) is 3.47. The van der Waals surface area contributed by atoms with Crippen molar-refractivity contribution in [2.45, 2.75) is 31.8 Å². The van der Waals surface area contributed by atoms with E-state index in [-0.39, 0.29) is 23.0 Å². The summed E-state index contributed by atoms with van der Waals surface area (Å²) in [5.41, 5.74) is 2.16. The van der Waals surface area contributed by atoms with Crippen molar-refractivity contribution in [3.8, 4) is 11.1 Å². The molecule has 3 heterocycles. The molecule has 1 aromatic carbocycles. The van der Waals surface area contributed by atoms with E-state index in [0.717, 1.165) is 0 Å². The average Bonchev–Trinajstić information content (AvgIpc) is 3.27. The van der Waals surface area contributed by atoms with E-state index in [4.69, 9.17) is 4.52 Å². The molecule has 0 radical (unpaired) electrons. The highest BCUT2D eigenvalue weighted by Crippen LogP contribution is 2.29. The molecule has 3 aromatic heterocycles. The number of aromatic nitrogens is 4. The van der Waals surface area contributed by atoms with Crippen molar-refractivity contribution in [3.63, 3.8) is 0 Å². The Labute approximate surface area is 198 Å². The van der Waals surface area contributed by atoms with Gasteiger partial charge in [-0.15, -0.1) is 0 Å². The van der Waals surface area contributed by atoms with Crippen LogP contribution in [0.1, 0.15) is 31.0 Å². The lowest BCUT2D eigenvalue weighted by Crippen LogP contribution is -2.21. The van der Waals surface area contributed by atoms with Gasteiger partial charge in [0.15, 0.2) is 5.16 Å². The Morgan fingerprint density at radius 2 is 1.94 bits per heavy atom. The lowest BCUT2D eigenvalue weighted by molar-refractivity contribution is 0.261. The first-order chi connectivity index (χ1) is 16.2. The number of hydrogen-bond acceptors (Lipinski definition) is 7. The fourth-order valence-corrected chi connectivity index (χ4v) is 3.80. The van der Waals surface area contributed by atoms with Crippen LogP contribution in [0, 0.1) is 12.7 Å². The van der Waals surface area contributed by atoms with Crippen LogP contribution in [-0.4, -0.2) is 32.0 Å². The minimum atomic E-state index is -0.704. The van der Waals surface area contributed by atoms with Gasteiger partial charge in [0.05, 0.1) is 11.4 Å². The molecule has 0 spiro atoms. The lowest BCUT2D eigenvalue weighted by atomic mass is 9.99. The molecule has 0 saturated carbocycles. The highest BCUT2D eigenvalue weighted by molar-refractivity contribution is 7.98. The highest BCUT2D eigenvalue weighted by atomic mass is 32.2. The van der Waals surface area contributed by atoms with Gasteiger partial charge in [0.2, 0.25) is 5.88 Å². The summed E-state index contributed by atoms with van der Waals surface area (Å²) in [5.74, 6) is -0.369. The molecule has 0 fully saturated rings. The van der Waals surface area contributed by atoms with E-state index in [2.05, 4.69) is 25.8 Å². The maximum absolute atomic E-state index is 14.7. The third-order valence-electron chi connectivity index (χ3n) is 5.32. The number of fused-ring (bicyclic) bond motifs is 1. The number of carbonyl (C=O) groups is 1. The second-order valence-electron chi connectivity index (χ2n) is 8.05. The van der Waals surface area contributed by atoms with E-state index >= 15 is 0 Å². The van der Waals surface area contributed by atoms with Crippen molar-refractivity contribution in [2.75, 3.05) is 16.9 Å². The number of benzene rings is 1. The van der Waals surface area contributed by atoms with Gasteiger partial charge in [0, 0.05) is 30.3 Å². The third-order valence-corrected chi connectivity index (χ3v) is 5.88. The molecule has 0 saturated heterocycles. The molecule has 0 aliphatic heterocycles. The smallest absolute Gasteiger partial charge is 0.326 e. The van der Waals surface area contributed by atoms with Gasteiger partial charge in [0.25, 0.3) is 5.56 Å². The number of hydrogen-bond donors (Lipinski definition) is 2. The van der Waals surface area contributed by atoms with Crippen LogP contribution in [0.3, 0.4) is 0 Å². The zero-order chi connectivity index (χ0) is 24.6. The molecule has 0 atom stereocenters. The van der Waals surface area contributed by atoms with E-state index < -0.39 is 11.8 Å². The van der Waals surface area contributed by atoms with Crippen LogP contribution < -0.4 is 16.2 Å². The molecule has 2 amide bonds. The number of thioether (sulfide) groups is 1. The van der Waals surface area contributed by atoms with E-state index in [1.165, 1.54) is 28.5 Å². The first kappa shape index (κ1) is 23.4. The Kier molecular flexibility index (Phi) is 6.38. The summed E-state index contributed by atoms with van der Waals surface area (Å²) < 4.78 is 21.2. The van der Waals surface area contributed by atoms with Crippen molar-refractivity contribution in [1.29, 1.82) is 0 Å². The van der Waals surface area contributed by atoms with Crippen molar-refractivity contribution >= 4 is 40.4 Å². The van der Waals surface area contributed by atoms with Gasteiger partial charge in [-0.1, -0.05) is 30.8 Å². The van der Waals surface area contributed by atoms with Crippen LogP contribution in [0.15, 0.2) is 44.9 Å². The third kappa shape index (κ3) is 4.51. The largest absolute Gasteiger partial charge is 0.338 e. The standard InChI is InChI=1S/C23H23FN6O3S/c1-11(2)17-9-19(33-29-17)27-22(32)26-18-8-14(12(3)6-16(18)24)15-7-13-10-25-23(34-5)28-20(13)30(4)21(15)31/h6-11H,1-5H3,(H2,26,27,32). The number of amides is 2. The van der Waals surface area contributed by atoms with Crippen LogP contribution in [0.25, 0.3) is 22.2 Å². The lowest BCUT2D eigenvalue weighted by Gasteiger charge is -2.13. The SMILES string of the molecule is CSc1ncc2cc(-c3cc(NC(=O)Nc4cc(C(C)C)no4)c(F)cc3C)c(=O)n(C)c2n1. The Balaban J connectivity index is 1.69. The van der Waals surface area contributed by atoms with E-state index in [1.54, 1.807) is 32.3 Å². The first-order valence-corrected chi connectivity index (χ1v) is 11.7. The molecule has 11 heteroatoms. The molecule has 176 valence electrons. The Morgan fingerprint density at radius 3 is 2.62 bits per heavy atom. The molecule has 0 aliphatic carbocycles. The summed E-state index contributed by atoms with van der Waals surface area (Å²) >= 11 is 1.38. The monoisotopic (exact) mass is 482 g/mol. The summed E-state index contributed by atoms with van der Waals surface area (Å²) in [6, 6.07) is 5.28. The number of halogens is 1. The highest BCUT2D eigenvalue weighted by Gasteiger charge is 2.17. The minimum Gasteiger partial charge on any atom is -0.338 e. The summed E-state index contributed by atoms with van der Waals surface area (Å²) in [6.07, 6.45) is 3.50. The molecule has 0 aliphatic rings. The number of nitrogens with zero attached hydrogens (tertiary/aromatic N) is 4. The molecular weight excluding hydrogens is 459 g/mol. The van der Waals surface area contributed by atoms with Crippen LogP contribution >= 0.6 is 11.8 Å². The molecule has 9 nitrogen and oxygen atoms in total. The summed E-state index contributed by atoms with van der Waals surface area (Å²) in [4.78, 5) is 34.3. The maximum Gasteiger partial charge on any atom is 0.326 e. The Morgan fingerprint density at radius 1 is 1.18 bits per heavy atom. The van der Waals surface area contributed by atoms with Gasteiger partial charge in [0.1, 0.15) is 11.5 Å². The quantitative estimate of drug-likeness (QED) is 0.306. The fraction of sp³-hybridized carbons (Fsp3) is 0.261. The van der Waals surface area contributed by atoms with Gasteiger partial charge in [-0.05, 0) is 48.4 Å². The maximum atomic E-state index is 14.7.